The lowest BCUT2D eigenvalue weighted by Crippen LogP contribution is -2.43. The zero-order chi connectivity index (χ0) is 18.8. The second-order valence-electron chi connectivity index (χ2n) is 5.30. The average Bonchev–Trinajstić information content (AvgIpc) is 2.58. The molecule has 8 heteroatoms. The molecule has 7 nitrogen and oxygen atoms in total. The minimum absolute atomic E-state index is 0.197. The van der Waals surface area contributed by atoms with E-state index in [1.165, 1.54) is 0 Å². The maximum absolute atomic E-state index is 12.5. The average molecular weight is 366 g/mol. The summed E-state index contributed by atoms with van der Waals surface area (Å²) in [6.07, 6.45) is 1.14. The summed E-state index contributed by atoms with van der Waals surface area (Å²) in [7, 11) is -3.13. The molecule has 0 N–H and O–H groups in total. The van der Waals surface area contributed by atoms with Gasteiger partial charge in [0.25, 0.3) is 0 Å². The Bertz CT molecular complexity index is 390. The highest BCUT2D eigenvalue weighted by Gasteiger charge is 2.44. The van der Waals surface area contributed by atoms with E-state index in [1.54, 1.807) is 41.5 Å². The van der Waals surface area contributed by atoms with Crippen molar-refractivity contribution < 1.29 is 32.7 Å². The third kappa shape index (κ3) is 5.57. The molecule has 0 unspecified atom stereocenters. The van der Waals surface area contributed by atoms with E-state index in [1.807, 2.05) is 0 Å². The van der Waals surface area contributed by atoms with E-state index in [-0.39, 0.29) is 38.9 Å². The fraction of sp³-hybridized carbons (Fsp3) is 0.875. The van der Waals surface area contributed by atoms with Crippen LogP contribution in [-0.2, 0) is 32.7 Å². The van der Waals surface area contributed by atoms with Gasteiger partial charge in [-0.2, -0.15) is 0 Å². The van der Waals surface area contributed by atoms with Crippen LogP contribution in [0.15, 0.2) is 0 Å². The predicted molar refractivity (Wildman–Crippen MR) is 91.1 cm³/mol. The highest BCUT2D eigenvalue weighted by atomic mass is 31.1. The van der Waals surface area contributed by atoms with Crippen molar-refractivity contribution in [1.82, 2.24) is 0 Å². The number of rotatable bonds is 12. The first-order chi connectivity index (χ1) is 11.3. The van der Waals surface area contributed by atoms with Crippen LogP contribution in [0.5, 0.6) is 0 Å². The summed E-state index contributed by atoms with van der Waals surface area (Å²) in [5.41, 5.74) is -2.68. The van der Waals surface area contributed by atoms with Crippen LogP contribution in [0, 0.1) is 0 Å². The van der Waals surface area contributed by atoms with Crippen molar-refractivity contribution in [3.8, 4) is 0 Å². The molecule has 0 aliphatic carbocycles. The summed E-state index contributed by atoms with van der Waals surface area (Å²) in [5, 5.41) is 0. The number of esters is 2. The Kier molecular flexibility index (Phi) is 10.4. The molecule has 0 saturated heterocycles. The van der Waals surface area contributed by atoms with Crippen LogP contribution in [0.3, 0.4) is 0 Å². The molecule has 0 aromatic heterocycles. The van der Waals surface area contributed by atoms with Crippen LogP contribution in [-0.4, -0.2) is 36.4 Å². The zero-order valence-electron chi connectivity index (χ0n) is 15.6. The second-order valence-corrected chi connectivity index (χ2v) is 6.21. The lowest BCUT2D eigenvalue weighted by Gasteiger charge is -2.32. The van der Waals surface area contributed by atoms with Crippen molar-refractivity contribution in [2.24, 2.45) is 0 Å². The van der Waals surface area contributed by atoms with Crippen molar-refractivity contribution in [2.75, 3.05) is 13.2 Å². The van der Waals surface area contributed by atoms with E-state index in [4.69, 9.17) is 18.5 Å². The third-order valence-corrected chi connectivity index (χ3v) is 5.25. The van der Waals surface area contributed by atoms with Gasteiger partial charge in [-0.1, -0.05) is 27.7 Å². The third-order valence-electron chi connectivity index (χ3n) is 4.14. The Morgan fingerprint density at radius 2 is 1.00 bits per heavy atom. The topological polar surface area (TPSA) is 88.1 Å². The van der Waals surface area contributed by atoms with Gasteiger partial charge in [-0.3, -0.25) is 13.6 Å². The fourth-order valence-corrected chi connectivity index (χ4v) is 3.74. The molecule has 0 spiro atoms. The first-order valence-corrected chi connectivity index (χ1v) is 9.80. The van der Waals surface area contributed by atoms with Gasteiger partial charge >= 0.3 is 20.2 Å². The van der Waals surface area contributed by atoms with Gasteiger partial charge in [0.15, 0.2) is 11.2 Å². The first-order valence-electron chi connectivity index (χ1n) is 8.57. The molecule has 0 fully saturated rings. The summed E-state index contributed by atoms with van der Waals surface area (Å²) in [6, 6.07) is 0. The monoisotopic (exact) mass is 366 g/mol. The number of hydrogen-bond acceptors (Lipinski definition) is 7. The summed E-state index contributed by atoms with van der Waals surface area (Å²) in [4.78, 5) is 24.4. The minimum atomic E-state index is -3.13. The molecule has 0 amide bonds. The summed E-state index contributed by atoms with van der Waals surface area (Å²) < 4.78 is 33.5. The molecule has 0 aromatic rings. The first kappa shape index (κ1) is 23.1. The minimum Gasteiger partial charge on any atom is -0.464 e. The van der Waals surface area contributed by atoms with Gasteiger partial charge in [0.2, 0.25) is 0 Å². The molecule has 0 bridgehead atoms. The smallest absolute Gasteiger partial charge is 0.338 e. The molecule has 0 aliphatic rings. The molecule has 142 valence electrons. The Labute approximate surface area is 145 Å². The van der Waals surface area contributed by atoms with Crippen LogP contribution >= 0.6 is 8.25 Å². The van der Waals surface area contributed by atoms with Crippen molar-refractivity contribution in [1.29, 1.82) is 0 Å². The zero-order valence-corrected chi connectivity index (χ0v) is 16.6. The molecule has 0 aliphatic heterocycles. The quantitative estimate of drug-likeness (QED) is 0.385. The predicted octanol–water partition coefficient (Wildman–Crippen LogP) is 3.65. The highest BCUT2D eigenvalue weighted by molar-refractivity contribution is 7.33. The van der Waals surface area contributed by atoms with Crippen LogP contribution in [0.25, 0.3) is 0 Å². The molecule has 0 rings (SSSR count). The summed E-state index contributed by atoms with van der Waals surface area (Å²) in [6.45, 7) is 10.7. The van der Waals surface area contributed by atoms with Gasteiger partial charge in [0.05, 0.1) is 13.2 Å². The van der Waals surface area contributed by atoms with Gasteiger partial charge < -0.3 is 9.47 Å². The highest BCUT2D eigenvalue weighted by Crippen LogP contribution is 2.42. The molecule has 0 atom stereocenters. The number of carbonyl (C=O) groups is 2. The van der Waals surface area contributed by atoms with Crippen molar-refractivity contribution >= 4 is 20.2 Å². The van der Waals surface area contributed by atoms with Crippen LogP contribution in [0.1, 0.15) is 67.2 Å². The lowest BCUT2D eigenvalue weighted by molar-refractivity contribution is -0.167. The second kappa shape index (κ2) is 10.9. The van der Waals surface area contributed by atoms with Crippen LogP contribution in [0.2, 0.25) is 0 Å². The Hall–Kier alpha value is -0.910. The summed E-state index contributed by atoms with van der Waals surface area (Å²) in [5.74, 6) is -1.15. The van der Waals surface area contributed by atoms with Crippen LogP contribution in [0.4, 0.5) is 0 Å². The number of carbonyl (C=O) groups excluding carboxylic acids is 2. The fourth-order valence-electron chi connectivity index (χ4n) is 2.31. The van der Waals surface area contributed by atoms with Gasteiger partial charge in [-0.25, -0.2) is 9.59 Å². The van der Waals surface area contributed by atoms with Crippen molar-refractivity contribution in [3.63, 3.8) is 0 Å². The standard InChI is InChI=1S/C16H31O7P/c1-7-15(8-2,13(17)20-11-5)22-24(19)23-16(9-3,10-4)14(18)21-12-6/h24H,7-12H2,1-6H3. The van der Waals surface area contributed by atoms with E-state index < -0.39 is 31.4 Å². The van der Waals surface area contributed by atoms with E-state index in [0.717, 1.165) is 0 Å². The van der Waals surface area contributed by atoms with E-state index in [0.29, 0.717) is 0 Å². The maximum atomic E-state index is 12.5. The van der Waals surface area contributed by atoms with Gasteiger partial charge in [-0.15, -0.1) is 0 Å². The van der Waals surface area contributed by atoms with E-state index in [2.05, 4.69) is 0 Å². The number of ether oxygens (including phenoxy) is 2. The molecule has 0 saturated carbocycles. The van der Waals surface area contributed by atoms with Crippen molar-refractivity contribution in [3.05, 3.63) is 0 Å². The molecule has 0 radical (unpaired) electrons. The Morgan fingerprint density at radius 3 is 1.21 bits per heavy atom. The van der Waals surface area contributed by atoms with Crippen LogP contribution < -0.4 is 0 Å². The van der Waals surface area contributed by atoms with E-state index in [9.17, 15) is 14.2 Å². The van der Waals surface area contributed by atoms with Gasteiger partial charge in [0.1, 0.15) is 0 Å². The SMILES string of the molecule is CCOC(=O)C(CC)(CC)O[PH](=O)OC(CC)(CC)C(=O)OCC. The Morgan fingerprint density at radius 1 is 0.708 bits per heavy atom. The van der Waals surface area contributed by atoms with Gasteiger partial charge in [-0.05, 0) is 39.5 Å². The Balaban J connectivity index is 5.30. The molecular formula is C16H31O7P. The molecule has 0 heterocycles. The molecule has 0 aromatic carbocycles. The van der Waals surface area contributed by atoms with Crippen molar-refractivity contribution in [2.45, 2.75) is 78.4 Å². The van der Waals surface area contributed by atoms with Gasteiger partial charge in [0, 0.05) is 0 Å². The normalized spacial score (nSPS) is 12.3. The summed E-state index contributed by atoms with van der Waals surface area (Å²) >= 11 is 0. The number of hydrogen-bond donors (Lipinski definition) is 0. The maximum Gasteiger partial charge on any atom is 0.338 e. The lowest BCUT2D eigenvalue weighted by atomic mass is 9.98. The largest absolute Gasteiger partial charge is 0.464 e. The molecule has 24 heavy (non-hydrogen) atoms. The van der Waals surface area contributed by atoms with E-state index >= 15 is 0 Å². The molecular weight excluding hydrogens is 335 g/mol.